The van der Waals surface area contributed by atoms with E-state index < -0.39 is 47.9 Å². The number of carbonyl (C=O) groups is 4. The maximum atomic E-state index is 12.9. The number of amides is 3. The molecule has 4 unspecified atom stereocenters. The van der Waals surface area contributed by atoms with Gasteiger partial charge in [-0.15, -0.1) is 0 Å². The third-order valence-corrected chi connectivity index (χ3v) is 4.51. The molecule has 1 aromatic rings. The average Bonchev–Trinajstić information content (AvgIpc) is 2.70. The first-order valence-corrected chi connectivity index (χ1v) is 10.1. The smallest absolute Gasteiger partial charge is 0.328 e. The minimum atomic E-state index is -1.54. The van der Waals surface area contributed by atoms with Crippen molar-refractivity contribution in [2.24, 2.45) is 11.7 Å². The first-order chi connectivity index (χ1) is 14.5. The number of hydrogen-bond donors (Lipinski definition) is 6. The molecule has 0 aromatic heterocycles. The van der Waals surface area contributed by atoms with Gasteiger partial charge in [0.1, 0.15) is 12.1 Å². The highest BCUT2D eigenvalue weighted by molar-refractivity contribution is 5.93. The van der Waals surface area contributed by atoms with Gasteiger partial charge in [0.05, 0.1) is 12.6 Å². The average molecular weight is 437 g/mol. The van der Waals surface area contributed by atoms with E-state index in [0.29, 0.717) is 6.42 Å². The van der Waals surface area contributed by atoms with Crippen molar-refractivity contribution in [2.75, 3.05) is 6.54 Å². The Bertz CT molecular complexity index is 753. The standard InChI is InChI=1S/C21H32N4O6/c1-12(2)9-15(23-17(27)11-22)19(28)24-16(10-14-7-5-4-6-8-14)20(29)25-18(13(3)26)21(30)31/h4-8,12-13,15-16,18,26H,9-11,22H2,1-3H3,(H,23,27)(H,24,28)(H,25,29)(H,30,31). The van der Waals surface area contributed by atoms with E-state index in [1.807, 2.05) is 13.8 Å². The van der Waals surface area contributed by atoms with Crippen LogP contribution in [0.2, 0.25) is 0 Å². The lowest BCUT2D eigenvalue weighted by Crippen LogP contribution is -2.58. The summed E-state index contributed by atoms with van der Waals surface area (Å²) in [6.07, 6.45) is -0.931. The molecule has 0 aliphatic carbocycles. The van der Waals surface area contributed by atoms with E-state index >= 15 is 0 Å². The van der Waals surface area contributed by atoms with Crippen LogP contribution in [0.5, 0.6) is 0 Å². The molecule has 1 aromatic carbocycles. The summed E-state index contributed by atoms with van der Waals surface area (Å²) in [5.41, 5.74) is 6.06. The van der Waals surface area contributed by atoms with E-state index in [4.69, 9.17) is 5.73 Å². The number of aliphatic carboxylic acids is 1. The molecular weight excluding hydrogens is 404 g/mol. The zero-order valence-corrected chi connectivity index (χ0v) is 18.0. The monoisotopic (exact) mass is 436 g/mol. The molecule has 10 heteroatoms. The van der Waals surface area contributed by atoms with E-state index in [9.17, 15) is 29.4 Å². The Labute approximate surface area is 181 Å². The number of aliphatic hydroxyl groups excluding tert-OH is 1. The number of nitrogens with two attached hydrogens (primary N) is 1. The summed E-state index contributed by atoms with van der Waals surface area (Å²) in [6.45, 7) is 4.71. The van der Waals surface area contributed by atoms with Crippen LogP contribution >= 0.6 is 0 Å². The lowest BCUT2D eigenvalue weighted by molar-refractivity contribution is -0.145. The van der Waals surface area contributed by atoms with Gasteiger partial charge in [0, 0.05) is 6.42 Å². The van der Waals surface area contributed by atoms with Crippen molar-refractivity contribution in [3.05, 3.63) is 35.9 Å². The van der Waals surface area contributed by atoms with Crippen LogP contribution in [-0.4, -0.2) is 64.7 Å². The van der Waals surface area contributed by atoms with Crippen LogP contribution in [0, 0.1) is 5.92 Å². The van der Waals surface area contributed by atoms with Crippen LogP contribution in [0.3, 0.4) is 0 Å². The van der Waals surface area contributed by atoms with Gasteiger partial charge in [-0.3, -0.25) is 14.4 Å². The highest BCUT2D eigenvalue weighted by Gasteiger charge is 2.31. The Morgan fingerprint density at radius 1 is 0.935 bits per heavy atom. The molecule has 3 amide bonds. The van der Waals surface area contributed by atoms with Crippen molar-refractivity contribution < 1.29 is 29.4 Å². The predicted molar refractivity (Wildman–Crippen MR) is 114 cm³/mol. The number of nitrogens with one attached hydrogen (secondary N) is 3. The largest absolute Gasteiger partial charge is 0.480 e. The highest BCUT2D eigenvalue weighted by Crippen LogP contribution is 2.08. The zero-order valence-electron chi connectivity index (χ0n) is 18.0. The van der Waals surface area contributed by atoms with E-state index in [-0.39, 0.29) is 18.9 Å². The second-order valence-electron chi connectivity index (χ2n) is 7.77. The van der Waals surface area contributed by atoms with Gasteiger partial charge >= 0.3 is 5.97 Å². The maximum absolute atomic E-state index is 12.9. The molecule has 172 valence electrons. The third-order valence-electron chi connectivity index (χ3n) is 4.51. The van der Waals surface area contributed by atoms with E-state index in [1.165, 1.54) is 6.92 Å². The van der Waals surface area contributed by atoms with Gasteiger partial charge in [0.2, 0.25) is 17.7 Å². The topological polar surface area (TPSA) is 171 Å². The Balaban J connectivity index is 3.08. The number of aliphatic hydroxyl groups is 1. The van der Waals surface area contributed by atoms with Gasteiger partial charge in [-0.2, -0.15) is 0 Å². The summed E-state index contributed by atoms with van der Waals surface area (Å²) in [6, 6.07) is 5.29. The molecule has 7 N–H and O–H groups in total. The van der Waals surface area contributed by atoms with Gasteiger partial charge in [-0.1, -0.05) is 44.2 Å². The van der Waals surface area contributed by atoms with Crippen molar-refractivity contribution >= 4 is 23.7 Å². The molecule has 0 saturated carbocycles. The minimum Gasteiger partial charge on any atom is -0.480 e. The Kier molecular flexibility index (Phi) is 10.6. The minimum absolute atomic E-state index is 0.0712. The molecular formula is C21H32N4O6. The van der Waals surface area contributed by atoms with Crippen molar-refractivity contribution in [2.45, 2.75) is 57.8 Å². The second kappa shape index (κ2) is 12.7. The number of benzene rings is 1. The first kappa shape index (κ1) is 26.1. The maximum Gasteiger partial charge on any atom is 0.328 e. The van der Waals surface area contributed by atoms with Gasteiger partial charge in [-0.25, -0.2) is 4.79 Å². The number of rotatable bonds is 12. The normalized spacial score (nSPS) is 14.8. The first-order valence-electron chi connectivity index (χ1n) is 10.1. The molecule has 10 nitrogen and oxygen atoms in total. The molecule has 0 aliphatic rings. The van der Waals surface area contributed by atoms with E-state index in [2.05, 4.69) is 16.0 Å². The summed E-state index contributed by atoms with van der Waals surface area (Å²) in [5, 5.41) is 26.3. The molecule has 4 atom stereocenters. The number of carboxylic acids is 1. The molecule has 0 bridgehead atoms. The summed E-state index contributed by atoms with van der Waals surface area (Å²) in [5.74, 6) is -3.19. The fourth-order valence-electron chi connectivity index (χ4n) is 2.93. The predicted octanol–water partition coefficient (Wildman–Crippen LogP) is -0.846. The fourth-order valence-corrected chi connectivity index (χ4v) is 2.93. The SMILES string of the molecule is CC(C)CC(NC(=O)CN)C(=O)NC(Cc1ccccc1)C(=O)NC(C(=O)O)C(C)O. The van der Waals surface area contributed by atoms with Crippen LogP contribution in [-0.2, 0) is 25.6 Å². The molecule has 31 heavy (non-hydrogen) atoms. The summed E-state index contributed by atoms with van der Waals surface area (Å²) < 4.78 is 0. The van der Waals surface area contributed by atoms with Crippen LogP contribution < -0.4 is 21.7 Å². The second-order valence-corrected chi connectivity index (χ2v) is 7.77. The quantitative estimate of drug-likeness (QED) is 0.248. The zero-order chi connectivity index (χ0) is 23.6. The van der Waals surface area contributed by atoms with Crippen molar-refractivity contribution in [3.63, 3.8) is 0 Å². The lowest BCUT2D eigenvalue weighted by Gasteiger charge is -2.26. The summed E-state index contributed by atoms with van der Waals surface area (Å²) in [4.78, 5) is 48.8. The van der Waals surface area contributed by atoms with Gasteiger partial charge < -0.3 is 31.9 Å². The van der Waals surface area contributed by atoms with E-state index in [1.54, 1.807) is 30.3 Å². The van der Waals surface area contributed by atoms with Gasteiger partial charge in [0.15, 0.2) is 6.04 Å². The van der Waals surface area contributed by atoms with Crippen molar-refractivity contribution in [1.82, 2.24) is 16.0 Å². The van der Waals surface area contributed by atoms with Crippen LogP contribution in [0.1, 0.15) is 32.8 Å². The Hall–Kier alpha value is -2.98. The molecule has 0 fully saturated rings. The molecule has 0 saturated heterocycles. The van der Waals surface area contributed by atoms with Crippen LogP contribution in [0.4, 0.5) is 0 Å². The van der Waals surface area contributed by atoms with Crippen molar-refractivity contribution in [3.8, 4) is 0 Å². The number of carbonyl (C=O) groups excluding carboxylic acids is 3. The Morgan fingerprint density at radius 2 is 1.52 bits per heavy atom. The molecule has 1 rings (SSSR count). The van der Waals surface area contributed by atoms with Crippen LogP contribution in [0.25, 0.3) is 0 Å². The molecule has 0 radical (unpaired) electrons. The molecule has 0 spiro atoms. The molecule has 0 heterocycles. The third kappa shape index (κ3) is 9.14. The van der Waals surface area contributed by atoms with Crippen LogP contribution in [0.15, 0.2) is 30.3 Å². The highest BCUT2D eigenvalue weighted by atomic mass is 16.4. The fraction of sp³-hybridized carbons (Fsp3) is 0.524. The molecule has 0 aliphatic heterocycles. The van der Waals surface area contributed by atoms with Gasteiger partial charge in [-0.05, 0) is 24.8 Å². The van der Waals surface area contributed by atoms with Crippen molar-refractivity contribution in [1.29, 1.82) is 0 Å². The van der Waals surface area contributed by atoms with E-state index in [0.717, 1.165) is 5.56 Å². The lowest BCUT2D eigenvalue weighted by atomic mass is 10.0. The number of carboxylic acid groups (broad SMARTS) is 1. The Morgan fingerprint density at radius 3 is 2.00 bits per heavy atom. The summed E-state index contributed by atoms with van der Waals surface area (Å²) >= 11 is 0. The van der Waals surface area contributed by atoms with Gasteiger partial charge in [0.25, 0.3) is 0 Å². The number of hydrogen-bond acceptors (Lipinski definition) is 6. The summed E-state index contributed by atoms with van der Waals surface area (Å²) in [7, 11) is 0.